The summed E-state index contributed by atoms with van der Waals surface area (Å²) in [4.78, 5) is 0. The minimum atomic E-state index is -2.13. The predicted octanol–water partition coefficient (Wildman–Crippen LogP) is 8.78. The van der Waals surface area contributed by atoms with E-state index in [4.69, 9.17) is 0 Å². The molecule has 0 aromatic heterocycles. The van der Waals surface area contributed by atoms with Crippen LogP contribution in [0.5, 0.6) is 0 Å². The van der Waals surface area contributed by atoms with Crippen LogP contribution in [0, 0.1) is 0 Å². The summed E-state index contributed by atoms with van der Waals surface area (Å²) in [6.45, 7) is 0. The van der Waals surface area contributed by atoms with Gasteiger partial charge in [-0.15, -0.1) is 0 Å². The van der Waals surface area contributed by atoms with Crippen molar-refractivity contribution in [2.24, 2.45) is 0 Å². The molecule has 6 aromatic rings. The summed E-state index contributed by atoms with van der Waals surface area (Å²) in [5, 5.41) is 9.15. The number of hydrogen-bond acceptors (Lipinski definition) is 0. The Bertz CT molecular complexity index is 1380. The van der Waals surface area contributed by atoms with Gasteiger partial charge < -0.3 is 0 Å². The second-order valence-electron chi connectivity index (χ2n) is 12.6. The summed E-state index contributed by atoms with van der Waals surface area (Å²) in [5.41, 5.74) is 0. The molecule has 0 spiro atoms. The fourth-order valence-electron chi connectivity index (χ4n) is 7.69. The van der Waals surface area contributed by atoms with Crippen molar-refractivity contribution in [3.63, 3.8) is 0 Å². The Kier molecular flexibility index (Phi) is 11.3. The predicted molar refractivity (Wildman–Crippen MR) is 211 cm³/mol. The Morgan fingerprint density at radius 3 is 0.587 bits per heavy atom. The molecule has 0 aliphatic rings. The molecule has 0 fully saturated rings. The van der Waals surface area contributed by atoms with Crippen LogP contribution in [-0.4, -0.2) is 12.3 Å². The van der Waals surface area contributed by atoms with Crippen LogP contribution >= 0.6 is 14.5 Å². The Hall–Kier alpha value is -3.82. The molecular weight excluding hydrogens is 590 g/mol. The van der Waals surface area contributed by atoms with E-state index in [1.54, 1.807) is 0 Å². The molecule has 0 radical (unpaired) electrons. The zero-order chi connectivity index (χ0) is 31.3. The maximum atomic E-state index is 2.38. The van der Waals surface area contributed by atoms with Crippen LogP contribution in [0.15, 0.2) is 182 Å². The fraction of sp³-hybridized carbons (Fsp3) is 0.182. The van der Waals surface area contributed by atoms with E-state index in [-0.39, 0.29) is 0 Å². The minimum absolute atomic E-state index is 1.25. The summed E-state index contributed by atoms with van der Waals surface area (Å²) in [7, 11) is -4.26. The first kappa shape index (κ1) is 32.1. The molecule has 0 unspecified atom stereocenters. The molecule has 0 aliphatic carbocycles. The SMILES string of the molecule is c1ccc([PH](CCCCCCCC[PH](c2ccccc2)(c2ccccc2)c2ccccc2)(c2ccccc2)c2ccccc2)cc1. The molecular formula is C44H48P2. The van der Waals surface area contributed by atoms with Gasteiger partial charge in [-0.1, -0.05) is 0 Å². The van der Waals surface area contributed by atoms with Crippen LogP contribution in [0.1, 0.15) is 38.5 Å². The van der Waals surface area contributed by atoms with Crippen LogP contribution in [0.2, 0.25) is 0 Å². The van der Waals surface area contributed by atoms with E-state index in [9.17, 15) is 0 Å². The van der Waals surface area contributed by atoms with Gasteiger partial charge in [0.25, 0.3) is 0 Å². The molecule has 0 heterocycles. The summed E-state index contributed by atoms with van der Waals surface area (Å²) in [6.07, 6.45) is 10.2. The van der Waals surface area contributed by atoms with Gasteiger partial charge in [-0.05, 0) is 0 Å². The van der Waals surface area contributed by atoms with Crippen LogP contribution in [0.3, 0.4) is 0 Å². The standard InChI is InChI=1S/C44H48P2/c1(3-23-37-45(39-25-11-5-12-26-39,40-27-13-6-14-28-40)41-29-15-7-16-30-41)2-4-24-38-46(42-31-17-8-18-32-42,43-33-19-9-20-34-43)44-35-21-10-22-36-44/h5-22,25-36,45-46H,1-4,23-24,37-38H2. The molecule has 6 rings (SSSR count). The Balaban J connectivity index is 1.14. The number of benzene rings is 6. The molecule has 0 nitrogen and oxygen atoms in total. The Labute approximate surface area is 278 Å². The first-order valence-corrected chi connectivity index (χ1v) is 21.6. The van der Waals surface area contributed by atoms with E-state index in [0.717, 1.165) is 0 Å². The average molecular weight is 639 g/mol. The van der Waals surface area contributed by atoms with Gasteiger partial charge in [-0.25, -0.2) is 0 Å². The van der Waals surface area contributed by atoms with Crippen LogP contribution < -0.4 is 31.8 Å². The average Bonchev–Trinajstić information content (AvgIpc) is 3.15. The topological polar surface area (TPSA) is 0 Å². The molecule has 2 heteroatoms. The second kappa shape index (κ2) is 16.1. The van der Waals surface area contributed by atoms with Gasteiger partial charge in [-0.3, -0.25) is 0 Å². The van der Waals surface area contributed by atoms with Crippen molar-refractivity contribution in [3.8, 4) is 0 Å². The van der Waals surface area contributed by atoms with Crippen molar-refractivity contribution >= 4 is 46.4 Å². The van der Waals surface area contributed by atoms with Gasteiger partial charge >= 0.3 is 279 Å². The summed E-state index contributed by atoms with van der Waals surface area (Å²) >= 11 is 0. The first-order chi connectivity index (χ1) is 22.8. The van der Waals surface area contributed by atoms with Gasteiger partial charge in [-0.2, -0.15) is 0 Å². The van der Waals surface area contributed by atoms with Gasteiger partial charge in [0.1, 0.15) is 0 Å². The molecule has 0 saturated heterocycles. The Morgan fingerprint density at radius 1 is 0.217 bits per heavy atom. The van der Waals surface area contributed by atoms with Crippen LogP contribution in [0.4, 0.5) is 0 Å². The third kappa shape index (κ3) is 7.10. The van der Waals surface area contributed by atoms with Crippen molar-refractivity contribution in [1.29, 1.82) is 0 Å². The van der Waals surface area contributed by atoms with E-state index in [1.807, 2.05) is 0 Å². The normalized spacial score (nSPS) is 12.4. The molecule has 0 bridgehead atoms. The monoisotopic (exact) mass is 638 g/mol. The number of unbranched alkanes of at least 4 members (excludes halogenated alkanes) is 5. The molecule has 234 valence electrons. The van der Waals surface area contributed by atoms with Gasteiger partial charge in [0.15, 0.2) is 0 Å². The molecule has 46 heavy (non-hydrogen) atoms. The number of rotatable bonds is 15. The van der Waals surface area contributed by atoms with Crippen LogP contribution in [-0.2, 0) is 0 Å². The van der Waals surface area contributed by atoms with E-state index in [1.165, 1.54) is 82.7 Å². The summed E-state index contributed by atoms with van der Waals surface area (Å²) in [5.74, 6) is 0. The molecule has 6 aromatic carbocycles. The van der Waals surface area contributed by atoms with Crippen molar-refractivity contribution in [2.75, 3.05) is 12.3 Å². The van der Waals surface area contributed by atoms with E-state index in [0.29, 0.717) is 0 Å². The third-order valence-corrected chi connectivity index (χ3v) is 20.1. The van der Waals surface area contributed by atoms with Crippen molar-refractivity contribution in [3.05, 3.63) is 182 Å². The molecule has 0 aliphatic heterocycles. The van der Waals surface area contributed by atoms with E-state index < -0.39 is 14.5 Å². The molecule has 0 amide bonds. The van der Waals surface area contributed by atoms with E-state index >= 15 is 0 Å². The van der Waals surface area contributed by atoms with E-state index in [2.05, 4.69) is 182 Å². The van der Waals surface area contributed by atoms with Crippen LogP contribution in [0.25, 0.3) is 0 Å². The fourth-order valence-corrected chi connectivity index (χ4v) is 17.6. The Morgan fingerprint density at radius 2 is 0.391 bits per heavy atom. The third-order valence-electron chi connectivity index (χ3n) is 9.95. The molecule has 0 saturated carbocycles. The maximum absolute atomic E-state index is 2.38. The first-order valence-electron chi connectivity index (χ1n) is 17.2. The molecule has 0 atom stereocenters. The van der Waals surface area contributed by atoms with Gasteiger partial charge in [0.2, 0.25) is 0 Å². The zero-order valence-electron chi connectivity index (χ0n) is 27.0. The quantitative estimate of drug-likeness (QED) is 0.0779. The van der Waals surface area contributed by atoms with Crippen molar-refractivity contribution < 1.29 is 0 Å². The zero-order valence-corrected chi connectivity index (χ0v) is 29.0. The molecule has 0 N–H and O–H groups in total. The van der Waals surface area contributed by atoms with Gasteiger partial charge in [0, 0.05) is 0 Å². The van der Waals surface area contributed by atoms with Crippen molar-refractivity contribution in [1.82, 2.24) is 0 Å². The van der Waals surface area contributed by atoms with Crippen molar-refractivity contribution in [2.45, 2.75) is 38.5 Å². The summed E-state index contributed by atoms with van der Waals surface area (Å²) < 4.78 is 0. The number of hydrogen-bond donors (Lipinski definition) is 0. The van der Waals surface area contributed by atoms with Gasteiger partial charge in [0.05, 0.1) is 0 Å². The summed E-state index contributed by atoms with van der Waals surface area (Å²) in [6, 6.07) is 68.3. The second-order valence-corrected chi connectivity index (χ2v) is 20.7.